The normalized spacial score (nSPS) is 29.5. The van der Waals surface area contributed by atoms with Crippen LogP contribution in [0.2, 0.25) is 0 Å². The number of hydrazine groups is 4. The molecule has 0 bridgehead atoms. The van der Waals surface area contributed by atoms with Crippen molar-refractivity contribution in [2.24, 2.45) is 0 Å². The van der Waals surface area contributed by atoms with E-state index in [1.807, 2.05) is 0 Å². The molecule has 6 aliphatic heterocycles. The zero-order valence-corrected chi connectivity index (χ0v) is 13.3. The highest BCUT2D eigenvalue weighted by atomic mass is 15.9. The number of hydrogen-bond donors (Lipinski definition) is 0. The van der Waals surface area contributed by atoms with Crippen molar-refractivity contribution in [2.75, 3.05) is 39.3 Å². The van der Waals surface area contributed by atoms with Gasteiger partial charge >= 0.3 is 13.5 Å². The summed E-state index contributed by atoms with van der Waals surface area (Å²) in [5, 5.41) is 5.24. The molecule has 0 aromatic heterocycles. The van der Waals surface area contributed by atoms with E-state index in [2.05, 4.69) is 29.4 Å². The number of hydrazone groups is 4. The quantitative estimate of drug-likeness (QED) is 0.436. The van der Waals surface area contributed by atoms with E-state index in [9.17, 15) is 0 Å². The van der Waals surface area contributed by atoms with E-state index in [1.165, 1.54) is 77.8 Å². The largest absolute Gasteiger partial charge is 0.495 e. The van der Waals surface area contributed by atoms with Crippen LogP contribution in [0.3, 0.4) is 0 Å². The maximum Gasteiger partial charge on any atom is 0.495 e. The Kier molecular flexibility index (Phi) is 2.29. The van der Waals surface area contributed by atoms with Gasteiger partial charge in [0.1, 0.15) is 0 Å². The number of fused-ring (bicyclic) bond motifs is 5. The fourth-order valence-corrected chi connectivity index (χ4v) is 5.81. The zero-order chi connectivity index (χ0) is 14.3. The molecule has 0 amide bonds. The molecule has 0 aromatic carbocycles. The number of hydrogen-bond acceptors (Lipinski definition) is 4. The Bertz CT molecular complexity index is 554. The van der Waals surface area contributed by atoms with Gasteiger partial charge in [-0.15, -0.1) is 0 Å². The van der Waals surface area contributed by atoms with E-state index in [-0.39, 0.29) is 0 Å². The van der Waals surface area contributed by atoms with Gasteiger partial charge in [0.25, 0.3) is 0 Å². The van der Waals surface area contributed by atoms with Gasteiger partial charge in [-0.2, -0.15) is 19.9 Å². The lowest BCUT2D eigenvalue weighted by Crippen LogP contribution is -2.64. The van der Waals surface area contributed by atoms with Crippen molar-refractivity contribution < 1.29 is 9.59 Å². The van der Waals surface area contributed by atoms with Gasteiger partial charge in [-0.05, 0) is 35.3 Å². The Morgan fingerprint density at radius 2 is 1.14 bits per heavy atom. The van der Waals surface area contributed by atoms with Crippen molar-refractivity contribution in [3.63, 3.8) is 0 Å². The van der Waals surface area contributed by atoms with Crippen LogP contribution in [-0.2, 0) is 0 Å². The van der Waals surface area contributed by atoms with Crippen molar-refractivity contribution in [2.45, 2.75) is 38.5 Å². The Labute approximate surface area is 132 Å². The van der Waals surface area contributed by atoms with E-state index in [0.717, 1.165) is 0 Å². The van der Waals surface area contributed by atoms with E-state index >= 15 is 0 Å². The molecule has 6 rings (SSSR count). The van der Waals surface area contributed by atoms with Crippen LogP contribution in [0.4, 0.5) is 0 Å². The van der Waals surface area contributed by atoms with Crippen molar-refractivity contribution in [1.29, 1.82) is 0 Å². The van der Waals surface area contributed by atoms with Crippen LogP contribution in [-0.4, -0.2) is 93.4 Å². The summed E-state index contributed by atoms with van der Waals surface area (Å²) in [6.07, 6.45) is 7.94. The molecule has 0 spiro atoms. The Hall–Kier alpha value is -1.33. The fraction of sp³-hybridized carbons (Fsp3) is 0.857. The summed E-state index contributed by atoms with van der Waals surface area (Å²) in [5.41, 5.74) is 3.42. The first-order valence-corrected chi connectivity index (χ1v) is 9.28. The van der Waals surface area contributed by atoms with Crippen molar-refractivity contribution >= 4 is 24.7 Å². The first-order chi connectivity index (χ1) is 10.9. The van der Waals surface area contributed by atoms with Gasteiger partial charge in [-0.3, -0.25) is 0 Å². The summed E-state index contributed by atoms with van der Waals surface area (Å²) in [5.74, 6) is 0. The first-order valence-electron chi connectivity index (χ1n) is 9.28. The van der Waals surface area contributed by atoms with E-state index < -0.39 is 0 Å². The van der Waals surface area contributed by atoms with Crippen LogP contribution in [0.15, 0.2) is 0 Å². The zero-order valence-electron chi connectivity index (χ0n) is 13.3. The highest BCUT2D eigenvalue weighted by Crippen LogP contribution is 2.33. The molecule has 0 N–H and O–H groups in total. The van der Waals surface area contributed by atoms with E-state index in [1.54, 1.807) is 11.2 Å². The molecule has 0 atom stereocenters. The average molecular weight is 298 g/mol. The highest BCUT2D eigenvalue weighted by molar-refractivity contribution is 7.46. The van der Waals surface area contributed by atoms with Crippen LogP contribution < -0.4 is 0 Å². The third-order valence-electron chi connectivity index (χ3n) is 6.47. The SMILES string of the molecule is C1CC2=[N+]3N(C1)CCCN3B1B2C2=[N+]3N(CCC2)CCCN13. The minimum Gasteiger partial charge on any atom is -0.185 e. The van der Waals surface area contributed by atoms with Gasteiger partial charge in [-0.25, -0.2) is 0 Å². The van der Waals surface area contributed by atoms with Crippen LogP contribution >= 0.6 is 0 Å². The molecule has 0 unspecified atom stereocenters. The van der Waals surface area contributed by atoms with Crippen LogP contribution in [0.5, 0.6) is 0 Å². The predicted octanol–water partition coefficient (Wildman–Crippen LogP) is -0.677. The summed E-state index contributed by atoms with van der Waals surface area (Å²) >= 11 is 0. The van der Waals surface area contributed by atoms with Gasteiger partial charge in [-0.1, -0.05) is 0 Å². The van der Waals surface area contributed by atoms with Gasteiger partial charge in [0.05, 0.1) is 39.3 Å². The second-order valence-corrected chi connectivity index (χ2v) is 7.60. The summed E-state index contributed by atoms with van der Waals surface area (Å²) in [6, 6.07) is 0. The second-order valence-electron chi connectivity index (χ2n) is 7.60. The third-order valence-corrected chi connectivity index (χ3v) is 6.47. The van der Waals surface area contributed by atoms with Gasteiger partial charge in [0.2, 0.25) is 0 Å². The topological polar surface area (TPSA) is 19.0 Å². The molecular formula is C14H24B2N6+2. The molecule has 114 valence electrons. The van der Waals surface area contributed by atoms with Crippen LogP contribution in [0, 0.1) is 0 Å². The molecule has 6 heterocycles. The molecular weight excluding hydrogens is 274 g/mol. The lowest BCUT2D eigenvalue weighted by atomic mass is 9.16. The van der Waals surface area contributed by atoms with Gasteiger partial charge in [0, 0.05) is 12.8 Å². The molecule has 8 heteroatoms. The predicted molar refractivity (Wildman–Crippen MR) is 86.3 cm³/mol. The number of rotatable bonds is 0. The van der Waals surface area contributed by atoms with Crippen LogP contribution in [0.1, 0.15) is 38.5 Å². The standard InChI is InChI=1S/C14H24B2N6/c1-5-13-15-14-6-2-8-18-10-4-12-20(22(14)18)16(15)19-11-3-9-17(7-1)21(13)19/h1-12H2/q+2. The highest BCUT2D eigenvalue weighted by Gasteiger charge is 2.74. The fourth-order valence-electron chi connectivity index (χ4n) is 5.81. The number of nitrogens with zero attached hydrogens (tertiary/aromatic N) is 6. The molecule has 22 heavy (non-hydrogen) atoms. The smallest absolute Gasteiger partial charge is 0.185 e. The second kappa shape index (κ2) is 4.15. The molecule has 2 fully saturated rings. The van der Waals surface area contributed by atoms with Crippen molar-refractivity contribution in [3.8, 4) is 0 Å². The summed E-state index contributed by atoms with van der Waals surface area (Å²) < 4.78 is 0. The minimum atomic E-state index is 0.576. The molecule has 0 aromatic rings. The van der Waals surface area contributed by atoms with Crippen molar-refractivity contribution in [1.82, 2.24) is 19.9 Å². The van der Waals surface area contributed by atoms with Gasteiger partial charge < -0.3 is 0 Å². The summed E-state index contributed by atoms with van der Waals surface area (Å²) in [6.45, 7) is 8.73. The first kappa shape index (κ1) is 12.1. The lowest BCUT2D eigenvalue weighted by Gasteiger charge is -2.38. The maximum atomic E-state index is 2.71. The van der Waals surface area contributed by atoms with Crippen LogP contribution in [0.25, 0.3) is 0 Å². The monoisotopic (exact) mass is 298 g/mol. The van der Waals surface area contributed by atoms with Gasteiger partial charge in [0.15, 0.2) is 11.2 Å². The molecule has 2 saturated heterocycles. The maximum absolute atomic E-state index is 2.71. The van der Waals surface area contributed by atoms with Crippen molar-refractivity contribution in [3.05, 3.63) is 0 Å². The molecule has 0 aliphatic carbocycles. The molecule has 6 nitrogen and oxygen atoms in total. The lowest BCUT2D eigenvalue weighted by molar-refractivity contribution is -0.824. The minimum absolute atomic E-state index is 0.576. The van der Waals surface area contributed by atoms with E-state index in [0.29, 0.717) is 13.5 Å². The Morgan fingerprint density at radius 3 is 1.68 bits per heavy atom. The Balaban J connectivity index is 1.52. The summed E-state index contributed by atoms with van der Waals surface area (Å²) in [4.78, 5) is 10.7. The van der Waals surface area contributed by atoms with E-state index in [4.69, 9.17) is 0 Å². The summed E-state index contributed by atoms with van der Waals surface area (Å²) in [7, 11) is 0. The molecule has 0 radical (unpaired) electrons. The molecule has 0 saturated carbocycles. The average Bonchev–Trinajstić information content (AvgIpc) is 3.07. The third kappa shape index (κ3) is 1.31. The molecule has 6 aliphatic rings. The Morgan fingerprint density at radius 1 is 0.636 bits per heavy atom.